The van der Waals surface area contributed by atoms with Gasteiger partial charge in [0.05, 0.1) is 19.8 Å². The van der Waals surface area contributed by atoms with Gasteiger partial charge in [0.1, 0.15) is 16.3 Å². The van der Waals surface area contributed by atoms with Crippen molar-refractivity contribution in [2.45, 2.75) is 18.8 Å². The molecule has 4 aromatic rings. The maximum Gasteiger partial charge on any atom is 0.273 e. The van der Waals surface area contributed by atoms with Gasteiger partial charge in [-0.25, -0.2) is 9.97 Å². The standard InChI is InChI=1S/C24H24N4O3S/c1-30-20-7-3-5-17(21(20)31-2)23-27-19(14-32-23)24(29)28-11-8-15(9-12-28)18-13-26-22-16(18)6-4-10-25-22/h3-7,10,13-15H,8-9,11-12H2,1-2H3,(H,25,26). The first-order valence-electron chi connectivity index (χ1n) is 10.6. The molecule has 1 aliphatic rings. The fourth-order valence-electron chi connectivity index (χ4n) is 4.42. The second-order valence-electron chi connectivity index (χ2n) is 7.79. The Morgan fingerprint density at radius 2 is 2.00 bits per heavy atom. The number of fused-ring (bicyclic) bond motifs is 1. The molecule has 0 radical (unpaired) electrons. The molecule has 0 atom stereocenters. The Hall–Kier alpha value is -3.39. The number of nitrogens with zero attached hydrogens (tertiary/aromatic N) is 3. The number of benzene rings is 1. The van der Waals surface area contributed by atoms with Crippen molar-refractivity contribution < 1.29 is 14.3 Å². The normalized spacial score (nSPS) is 14.6. The zero-order chi connectivity index (χ0) is 22.1. The summed E-state index contributed by atoms with van der Waals surface area (Å²) >= 11 is 1.44. The monoisotopic (exact) mass is 448 g/mol. The van der Waals surface area contributed by atoms with Gasteiger partial charge in [0.25, 0.3) is 5.91 Å². The maximum atomic E-state index is 13.1. The van der Waals surface area contributed by atoms with Crippen LogP contribution < -0.4 is 9.47 Å². The zero-order valence-corrected chi connectivity index (χ0v) is 18.8. The quantitative estimate of drug-likeness (QED) is 0.478. The van der Waals surface area contributed by atoms with Crippen LogP contribution in [-0.2, 0) is 0 Å². The SMILES string of the molecule is COc1cccc(-c2nc(C(=O)N3CCC(c4c[nH]c5ncccc45)CC3)cs2)c1OC. The second kappa shape index (κ2) is 8.63. The minimum atomic E-state index is -0.0200. The lowest BCUT2D eigenvalue weighted by Crippen LogP contribution is -2.38. The summed E-state index contributed by atoms with van der Waals surface area (Å²) in [6.07, 6.45) is 5.71. The number of hydrogen-bond donors (Lipinski definition) is 1. The molecule has 5 rings (SSSR count). The van der Waals surface area contributed by atoms with Crippen LogP contribution in [0.15, 0.2) is 48.1 Å². The summed E-state index contributed by atoms with van der Waals surface area (Å²) in [6.45, 7) is 1.43. The summed E-state index contributed by atoms with van der Waals surface area (Å²) in [4.78, 5) is 27.3. The minimum Gasteiger partial charge on any atom is -0.493 e. The van der Waals surface area contributed by atoms with Gasteiger partial charge in [-0.05, 0) is 48.6 Å². The zero-order valence-electron chi connectivity index (χ0n) is 18.0. The average molecular weight is 449 g/mol. The Kier molecular flexibility index (Phi) is 5.53. The number of pyridine rings is 1. The highest BCUT2D eigenvalue weighted by Gasteiger charge is 2.27. The number of para-hydroxylation sites is 1. The van der Waals surface area contributed by atoms with Gasteiger partial charge in [-0.15, -0.1) is 11.3 Å². The van der Waals surface area contributed by atoms with E-state index in [-0.39, 0.29) is 5.91 Å². The van der Waals surface area contributed by atoms with Crippen LogP contribution in [0, 0.1) is 0 Å². The number of carbonyl (C=O) groups is 1. The summed E-state index contributed by atoms with van der Waals surface area (Å²) in [7, 11) is 3.21. The lowest BCUT2D eigenvalue weighted by Gasteiger charge is -2.31. The third-order valence-electron chi connectivity index (χ3n) is 6.06. The predicted octanol–water partition coefficient (Wildman–Crippen LogP) is 4.72. The number of rotatable bonds is 5. The highest BCUT2D eigenvalue weighted by Crippen LogP contribution is 2.39. The van der Waals surface area contributed by atoms with Crippen LogP contribution >= 0.6 is 11.3 Å². The van der Waals surface area contributed by atoms with Crippen LogP contribution in [0.25, 0.3) is 21.6 Å². The summed E-state index contributed by atoms with van der Waals surface area (Å²) in [5, 5.41) is 3.74. The van der Waals surface area contributed by atoms with Crippen molar-refractivity contribution >= 4 is 28.3 Å². The first kappa shape index (κ1) is 20.5. The number of thiazole rings is 1. The minimum absolute atomic E-state index is 0.0200. The van der Waals surface area contributed by atoms with Gasteiger partial charge in [0, 0.05) is 36.2 Å². The number of amides is 1. The highest BCUT2D eigenvalue weighted by atomic mass is 32.1. The van der Waals surface area contributed by atoms with E-state index in [1.54, 1.807) is 20.4 Å². The number of piperidine rings is 1. The van der Waals surface area contributed by atoms with E-state index in [1.165, 1.54) is 22.3 Å². The van der Waals surface area contributed by atoms with Gasteiger partial charge in [-0.3, -0.25) is 4.79 Å². The van der Waals surface area contributed by atoms with Gasteiger partial charge in [0.15, 0.2) is 11.5 Å². The molecule has 8 heteroatoms. The number of hydrogen-bond acceptors (Lipinski definition) is 6. The molecule has 1 aliphatic heterocycles. The summed E-state index contributed by atoms with van der Waals surface area (Å²) in [6, 6.07) is 9.74. The molecule has 164 valence electrons. The number of nitrogens with one attached hydrogen (secondary N) is 1. The molecule has 1 saturated heterocycles. The molecule has 1 N–H and O–H groups in total. The average Bonchev–Trinajstić information content (AvgIpc) is 3.51. The Balaban J connectivity index is 1.30. The van der Waals surface area contributed by atoms with Crippen LogP contribution in [0.3, 0.4) is 0 Å². The molecule has 0 aliphatic carbocycles. The molecule has 1 aromatic carbocycles. The van der Waals surface area contributed by atoms with Crippen molar-refractivity contribution in [3.05, 3.63) is 59.4 Å². The molecule has 0 saturated carbocycles. The van der Waals surface area contributed by atoms with E-state index in [2.05, 4.69) is 27.2 Å². The number of likely N-dealkylation sites (tertiary alicyclic amines) is 1. The number of methoxy groups -OCH3 is 2. The Bertz CT molecular complexity index is 1260. The molecule has 4 heterocycles. The lowest BCUT2D eigenvalue weighted by molar-refractivity contribution is 0.0708. The number of H-pyrrole nitrogens is 1. The van der Waals surface area contributed by atoms with Gasteiger partial charge < -0.3 is 19.4 Å². The maximum absolute atomic E-state index is 13.1. The van der Waals surface area contributed by atoms with Crippen molar-refractivity contribution in [2.75, 3.05) is 27.3 Å². The molecule has 0 unspecified atom stereocenters. The Morgan fingerprint density at radius 1 is 1.16 bits per heavy atom. The highest BCUT2D eigenvalue weighted by molar-refractivity contribution is 7.13. The molecular formula is C24H24N4O3S. The van der Waals surface area contributed by atoms with Crippen molar-refractivity contribution in [3.8, 4) is 22.1 Å². The van der Waals surface area contributed by atoms with Crippen LogP contribution in [0.1, 0.15) is 34.8 Å². The lowest BCUT2D eigenvalue weighted by atomic mass is 9.89. The van der Waals surface area contributed by atoms with Gasteiger partial charge in [0.2, 0.25) is 0 Å². The van der Waals surface area contributed by atoms with E-state index in [9.17, 15) is 4.79 Å². The van der Waals surface area contributed by atoms with Gasteiger partial charge >= 0.3 is 0 Å². The van der Waals surface area contributed by atoms with E-state index in [1.807, 2.05) is 34.5 Å². The van der Waals surface area contributed by atoms with E-state index in [0.717, 1.165) is 29.1 Å². The molecule has 0 spiro atoms. The predicted molar refractivity (Wildman–Crippen MR) is 125 cm³/mol. The number of carbonyl (C=O) groups excluding carboxylic acids is 1. The molecule has 7 nitrogen and oxygen atoms in total. The van der Waals surface area contributed by atoms with Crippen LogP contribution in [-0.4, -0.2) is 53.1 Å². The van der Waals surface area contributed by atoms with Crippen LogP contribution in [0.5, 0.6) is 11.5 Å². The Morgan fingerprint density at radius 3 is 2.78 bits per heavy atom. The first-order chi connectivity index (χ1) is 15.7. The van der Waals surface area contributed by atoms with E-state index in [0.29, 0.717) is 36.2 Å². The van der Waals surface area contributed by atoms with Gasteiger partial charge in [-0.1, -0.05) is 6.07 Å². The second-order valence-corrected chi connectivity index (χ2v) is 8.65. The fraction of sp³-hybridized carbons (Fsp3) is 0.292. The van der Waals surface area contributed by atoms with Crippen molar-refractivity contribution in [1.82, 2.24) is 19.9 Å². The summed E-state index contributed by atoms with van der Waals surface area (Å²) in [5.41, 5.74) is 3.51. The van der Waals surface area contributed by atoms with Gasteiger partial charge in [-0.2, -0.15) is 0 Å². The molecule has 0 bridgehead atoms. The van der Waals surface area contributed by atoms with Crippen molar-refractivity contribution in [1.29, 1.82) is 0 Å². The molecular weight excluding hydrogens is 424 g/mol. The van der Waals surface area contributed by atoms with E-state index >= 15 is 0 Å². The summed E-state index contributed by atoms with van der Waals surface area (Å²) in [5.74, 6) is 1.66. The van der Waals surface area contributed by atoms with Crippen LogP contribution in [0.4, 0.5) is 0 Å². The van der Waals surface area contributed by atoms with E-state index in [4.69, 9.17) is 9.47 Å². The third-order valence-corrected chi connectivity index (χ3v) is 6.94. The molecule has 1 amide bonds. The molecule has 3 aromatic heterocycles. The third kappa shape index (κ3) is 3.60. The summed E-state index contributed by atoms with van der Waals surface area (Å²) < 4.78 is 10.9. The topological polar surface area (TPSA) is 80.3 Å². The molecule has 32 heavy (non-hydrogen) atoms. The fourth-order valence-corrected chi connectivity index (χ4v) is 5.24. The number of ether oxygens (including phenoxy) is 2. The van der Waals surface area contributed by atoms with Crippen molar-refractivity contribution in [2.24, 2.45) is 0 Å². The van der Waals surface area contributed by atoms with E-state index < -0.39 is 0 Å². The number of aromatic amines is 1. The smallest absolute Gasteiger partial charge is 0.273 e. The van der Waals surface area contributed by atoms with Crippen LogP contribution in [0.2, 0.25) is 0 Å². The first-order valence-corrected chi connectivity index (χ1v) is 11.5. The van der Waals surface area contributed by atoms with Crippen molar-refractivity contribution in [3.63, 3.8) is 0 Å². The largest absolute Gasteiger partial charge is 0.493 e. The Labute approximate surface area is 190 Å². The molecule has 1 fully saturated rings. The number of aromatic nitrogens is 3.